The molecule has 6 nitrogen and oxygen atoms in total. The van der Waals surface area contributed by atoms with E-state index in [1.165, 1.54) is 0 Å². The third-order valence-electron chi connectivity index (χ3n) is 6.11. The Balaban J connectivity index is 1.75. The fraction of sp³-hybridized carbons (Fsp3) is 0.571. The van der Waals surface area contributed by atoms with Gasteiger partial charge in [0, 0.05) is 18.7 Å². The lowest BCUT2D eigenvalue weighted by atomic mass is 9.81. The lowest BCUT2D eigenvalue weighted by Crippen LogP contribution is -2.51. The average Bonchev–Trinajstić information content (AvgIpc) is 3.17. The molecule has 1 heterocycles. The number of carboxylic acid groups (broad SMARTS) is 1. The van der Waals surface area contributed by atoms with Crippen molar-refractivity contribution in [2.45, 2.75) is 46.1 Å². The molecule has 1 saturated heterocycles. The zero-order chi connectivity index (χ0) is 19.8. The van der Waals surface area contributed by atoms with Gasteiger partial charge in [0.15, 0.2) is 0 Å². The van der Waals surface area contributed by atoms with Crippen molar-refractivity contribution in [2.24, 2.45) is 17.3 Å². The fourth-order valence-corrected chi connectivity index (χ4v) is 4.53. The number of carboxylic acids is 1. The second-order valence-electron chi connectivity index (χ2n) is 8.33. The molecule has 27 heavy (non-hydrogen) atoms. The summed E-state index contributed by atoms with van der Waals surface area (Å²) in [7, 11) is 0. The minimum absolute atomic E-state index is 0.0132. The highest BCUT2D eigenvalue weighted by molar-refractivity contribution is 5.98. The number of amides is 2. The van der Waals surface area contributed by atoms with Gasteiger partial charge in [0.1, 0.15) is 6.04 Å². The van der Waals surface area contributed by atoms with E-state index in [0.717, 1.165) is 18.4 Å². The molecule has 6 heteroatoms. The summed E-state index contributed by atoms with van der Waals surface area (Å²) in [5.74, 6) is -1.34. The fourth-order valence-electron chi connectivity index (χ4n) is 4.53. The van der Waals surface area contributed by atoms with E-state index in [2.05, 4.69) is 5.32 Å². The van der Waals surface area contributed by atoms with E-state index in [4.69, 9.17) is 0 Å². The molecule has 1 aliphatic carbocycles. The van der Waals surface area contributed by atoms with Crippen LogP contribution in [0.2, 0.25) is 0 Å². The number of nitrogens with zero attached hydrogens (tertiary/aromatic N) is 1. The van der Waals surface area contributed by atoms with Crippen molar-refractivity contribution in [3.05, 3.63) is 35.4 Å². The Labute approximate surface area is 159 Å². The Kier molecular flexibility index (Phi) is 5.27. The number of fused-ring (bicyclic) bond motifs is 1. The molecular formula is C21H28N2O4. The van der Waals surface area contributed by atoms with E-state index >= 15 is 0 Å². The van der Waals surface area contributed by atoms with Crippen molar-refractivity contribution >= 4 is 17.8 Å². The summed E-state index contributed by atoms with van der Waals surface area (Å²) in [6, 6.07) is 6.58. The van der Waals surface area contributed by atoms with Crippen LogP contribution in [0.15, 0.2) is 24.3 Å². The van der Waals surface area contributed by atoms with Crippen molar-refractivity contribution in [2.75, 3.05) is 13.1 Å². The summed E-state index contributed by atoms with van der Waals surface area (Å²) < 4.78 is 0. The molecule has 2 fully saturated rings. The maximum Gasteiger partial charge on any atom is 0.311 e. The van der Waals surface area contributed by atoms with Crippen molar-refractivity contribution in [1.29, 1.82) is 0 Å². The van der Waals surface area contributed by atoms with Crippen LogP contribution in [-0.2, 0) is 9.59 Å². The molecule has 146 valence electrons. The first-order valence-corrected chi connectivity index (χ1v) is 9.64. The van der Waals surface area contributed by atoms with Crippen LogP contribution >= 0.6 is 0 Å². The van der Waals surface area contributed by atoms with Gasteiger partial charge in [-0.3, -0.25) is 14.4 Å². The first-order valence-electron chi connectivity index (χ1n) is 9.64. The number of carbonyl (C=O) groups is 3. The summed E-state index contributed by atoms with van der Waals surface area (Å²) in [4.78, 5) is 39.3. The van der Waals surface area contributed by atoms with Crippen LogP contribution in [0, 0.1) is 24.2 Å². The predicted molar refractivity (Wildman–Crippen MR) is 101 cm³/mol. The highest BCUT2D eigenvalue weighted by Gasteiger charge is 2.56. The largest absolute Gasteiger partial charge is 0.481 e. The standard InChI is InChI=1S/C21H28N2O4/c1-13(2)17(22-18(24)15-7-4-6-14(3)10-15)19(25)23-11-16-8-5-9-21(16,12-23)20(26)27/h4,6-7,10,13,16-17H,5,8-9,11-12H2,1-3H3,(H,22,24)(H,26,27)/t16-,17?,21+/m0/s1. The van der Waals surface area contributed by atoms with E-state index in [9.17, 15) is 19.5 Å². The third-order valence-corrected chi connectivity index (χ3v) is 6.11. The molecule has 1 aromatic rings. The van der Waals surface area contributed by atoms with Gasteiger partial charge in [-0.15, -0.1) is 0 Å². The van der Waals surface area contributed by atoms with Gasteiger partial charge in [-0.25, -0.2) is 0 Å². The van der Waals surface area contributed by atoms with Gasteiger partial charge >= 0.3 is 5.97 Å². The minimum atomic E-state index is -0.808. The molecule has 1 aliphatic heterocycles. The van der Waals surface area contributed by atoms with Crippen LogP contribution < -0.4 is 5.32 Å². The first kappa shape index (κ1) is 19.4. The molecule has 1 unspecified atom stereocenters. The lowest BCUT2D eigenvalue weighted by molar-refractivity contribution is -0.149. The van der Waals surface area contributed by atoms with Crippen LogP contribution in [0.4, 0.5) is 0 Å². The van der Waals surface area contributed by atoms with Gasteiger partial charge in [0.05, 0.1) is 5.41 Å². The van der Waals surface area contributed by atoms with E-state index < -0.39 is 17.4 Å². The number of carbonyl (C=O) groups excluding carboxylic acids is 2. The Morgan fingerprint density at radius 3 is 2.63 bits per heavy atom. The Morgan fingerprint density at radius 2 is 2.04 bits per heavy atom. The van der Waals surface area contributed by atoms with Crippen LogP contribution in [0.5, 0.6) is 0 Å². The van der Waals surface area contributed by atoms with E-state index in [-0.39, 0.29) is 30.2 Å². The number of hydrogen-bond acceptors (Lipinski definition) is 3. The topological polar surface area (TPSA) is 86.7 Å². The molecule has 0 bridgehead atoms. The number of benzene rings is 1. The summed E-state index contributed by atoms with van der Waals surface area (Å²) in [6.07, 6.45) is 2.37. The number of nitrogens with one attached hydrogen (secondary N) is 1. The minimum Gasteiger partial charge on any atom is -0.481 e. The molecule has 3 rings (SSSR count). The predicted octanol–water partition coefficient (Wildman–Crippen LogP) is 2.46. The Morgan fingerprint density at radius 1 is 1.30 bits per heavy atom. The zero-order valence-corrected chi connectivity index (χ0v) is 16.2. The van der Waals surface area contributed by atoms with Crippen molar-refractivity contribution < 1.29 is 19.5 Å². The summed E-state index contributed by atoms with van der Waals surface area (Å²) in [6.45, 7) is 6.41. The molecule has 2 N–H and O–H groups in total. The smallest absolute Gasteiger partial charge is 0.311 e. The van der Waals surface area contributed by atoms with Gasteiger partial charge in [-0.05, 0) is 43.7 Å². The molecule has 3 atom stereocenters. The monoisotopic (exact) mass is 372 g/mol. The highest BCUT2D eigenvalue weighted by atomic mass is 16.4. The van der Waals surface area contributed by atoms with Crippen molar-refractivity contribution in [3.63, 3.8) is 0 Å². The quantitative estimate of drug-likeness (QED) is 0.831. The van der Waals surface area contributed by atoms with E-state index in [0.29, 0.717) is 18.5 Å². The van der Waals surface area contributed by atoms with Gasteiger partial charge in [0.2, 0.25) is 5.91 Å². The zero-order valence-electron chi connectivity index (χ0n) is 16.2. The van der Waals surface area contributed by atoms with Crippen LogP contribution in [-0.4, -0.2) is 46.9 Å². The number of aliphatic carboxylic acids is 1. The molecule has 1 aromatic carbocycles. The van der Waals surface area contributed by atoms with Gasteiger partial charge < -0.3 is 15.3 Å². The SMILES string of the molecule is Cc1cccc(C(=O)NC(C(=O)N2C[C@@H]3CCC[C@@]3(C(=O)O)C2)C(C)C)c1. The number of likely N-dealkylation sites (tertiary alicyclic amines) is 1. The van der Waals surface area contributed by atoms with Crippen LogP contribution in [0.25, 0.3) is 0 Å². The van der Waals surface area contributed by atoms with E-state index in [1.54, 1.807) is 17.0 Å². The maximum atomic E-state index is 13.1. The summed E-state index contributed by atoms with van der Waals surface area (Å²) >= 11 is 0. The van der Waals surface area contributed by atoms with Gasteiger partial charge in [-0.2, -0.15) is 0 Å². The number of rotatable bonds is 5. The second kappa shape index (κ2) is 7.33. The molecule has 0 spiro atoms. The van der Waals surface area contributed by atoms with Gasteiger partial charge in [0.25, 0.3) is 5.91 Å². The molecular weight excluding hydrogens is 344 g/mol. The molecule has 0 radical (unpaired) electrons. The van der Waals surface area contributed by atoms with Crippen molar-refractivity contribution in [3.8, 4) is 0 Å². The normalized spacial score (nSPS) is 25.3. The Hall–Kier alpha value is -2.37. The summed E-state index contributed by atoms with van der Waals surface area (Å²) in [5, 5.41) is 12.6. The molecule has 1 saturated carbocycles. The Bertz CT molecular complexity index is 760. The summed E-state index contributed by atoms with van der Waals surface area (Å²) in [5.41, 5.74) is 0.692. The molecule has 0 aromatic heterocycles. The number of hydrogen-bond donors (Lipinski definition) is 2. The number of aryl methyl sites for hydroxylation is 1. The van der Waals surface area contributed by atoms with Crippen LogP contribution in [0.3, 0.4) is 0 Å². The van der Waals surface area contributed by atoms with E-state index in [1.807, 2.05) is 32.9 Å². The maximum absolute atomic E-state index is 13.1. The first-order chi connectivity index (χ1) is 12.7. The van der Waals surface area contributed by atoms with Crippen LogP contribution in [0.1, 0.15) is 49.0 Å². The van der Waals surface area contributed by atoms with Gasteiger partial charge in [-0.1, -0.05) is 38.0 Å². The second-order valence-corrected chi connectivity index (χ2v) is 8.33. The average molecular weight is 372 g/mol. The third kappa shape index (κ3) is 3.57. The lowest BCUT2D eigenvalue weighted by Gasteiger charge is -2.28. The van der Waals surface area contributed by atoms with Crippen molar-refractivity contribution in [1.82, 2.24) is 10.2 Å². The molecule has 2 amide bonds. The highest BCUT2D eigenvalue weighted by Crippen LogP contribution is 2.49. The molecule has 2 aliphatic rings.